The normalized spacial score (nSPS) is 18.2. The predicted octanol–water partition coefficient (Wildman–Crippen LogP) is 5.38. The Morgan fingerprint density at radius 1 is 0.950 bits per heavy atom. The Labute approximate surface area is 230 Å². The molecule has 0 unspecified atom stereocenters. The molecule has 0 fully saturated rings. The number of esters is 1. The van der Waals surface area contributed by atoms with Crippen molar-refractivity contribution in [1.29, 1.82) is 0 Å². The second-order valence-corrected chi connectivity index (χ2v) is 9.79. The first-order valence-electron chi connectivity index (χ1n) is 12.9. The van der Waals surface area contributed by atoms with Gasteiger partial charge < -0.3 is 15.2 Å². The van der Waals surface area contributed by atoms with Crippen molar-refractivity contribution in [3.8, 4) is 0 Å². The number of anilines is 2. The summed E-state index contributed by atoms with van der Waals surface area (Å²) in [5, 5.41) is 12.7. The number of halogens is 1. The lowest BCUT2D eigenvalue weighted by molar-refractivity contribution is -0.138. The Morgan fingerprint density at radius 2 is 1.62 bits per heavy atom. The summed E-state index contributed by atoms with van der Waals surface area (Å²) in [6, 6.07) is 18.8. The van der Waals surface area contributed by atoms with E-state index in [1.807, 2.05) is 0 Å². The third-order valence-electron chi connectivity index (χ3n) is 7.30. The Morgan fingerprint density at radius 3 is 2.30 bits per heavy atom. The number of nitrogens with one attached hydrogen (secondary N) is 1. The molecule has 3 aromatic rings. The first-order valence-corrected chi connectivity index (χ1v) is 12.9. The first kappa shape index (κ1) is 26.8. The van der Waals surface area contributed by atoms with Gasteiger partial charge in [0.05, 0.1) is 36.5 Å². The summed E-state index contributed by atoms with van der Waals surface area (Å²) in [4.78, 5) is 52.6. The standard InChI is InChI=1S/C31H27FN2O6/c1-40-31(39)20-8-6-19(7-9-20)30-29-24(16-21(17-26(29)35)18-10-12-22(32)13-11-18)33-23-4-2-3-5-25(23)34(30)27(36)14-15-28(37)38/h2-13,21,30,33H,14-17H2,1H3,(H,37,38)/t21-,30+/m0/s1. The average Bonchev–Trinajstić information content (AvgIpc) is 3.10. The molecular weight excluding hydrogens is 515 g/mol. The van der Waals surface area contributed by atoms with Gasteiger partial charge in [0.2, 0.25) is 5.91 Å². The van der Waals surface area contributed by atoms with Crippen LogP contribution in [0.2, 0.25) is 0 Å². The molecule has 1 heterocycles. The van der Waals surface area contributed by atoms with E-state index in [0.29, 0.717) is 40.2 Å². The SMILES string of the molecule is COC(=O)c1ccc([C@@H]2C3=C(C[C@H](c4ccc(F)cc4)CC3=O)Nc3ccccc3N2C(=O)CCC(=O)O)cc1. The highest BCUT2D eigenvalue weighted by molar-refractivity contribution is 6.06. The molecule has 1 aliphatic heterocycles. The molecule has 0 radical (unpaired) electrons. The van der Waals surface area contributed by atoms with Gasteiger partial charge in [-0.25, -0.2) is 9.18 Å². The number of methoxy groups -OCH3 is 1. The van der Waals surface area contributed by atoms with Crippen LogP contribution in [0.5, 0.6) is 0 Å². The number of ketones is 1. The van der Waals surface area contributed by atoms with Crippen LogP contribution in [0.1, 0.15) is 59.1 Å². The molecule has 2 atom stereocenters. The van der Waals surface area contributed by atoms with Gasteiger partial charge in [-0.15, -0.1) is 0 Å². The second kappa shape index (κ2) is 11.1. The molecule has 2 N–H and O–H groups in total. The maximum atomic E-state index is 13.9. The number of carbonyl (C=O) groups excluding carboxylic acids is 3. The molecule has 5 rings (SSSR count). The lowest BCUT2D eigenvalue weighted by atomic mass is 9.78. The van der Waals surface area contributed by atoms with E-state index in [1.54, 1.807) is 60.7 Å². The van der Waals surface area contributed by atoms with Crippen molar-refractivity contribution in [2.75, 3.05) is 17.3 Å². The van der Waals surface area contributed by atoms with E-state index in [1.165, 1.54) is 24.1 Å². The Balaban J connectivity index is 1.67. The molecule has 0 aromatic heterocycles. The van der Waals surface area contributed by atoms with Gasteiger partial charge in [-0.2, -0.15) is 0 Å². The van der Waals surface area contributed by atoms with Gasteiger partial charge in [-0.1, -0.05) is 36.4 Å². The zero-order valence-electron chi connectivity index (χ0n) is 21.7. The van der Waals surface area contributed by atoms with Crippen LogP contribution in [0.25, 0.3) is 0 Å². The van der Waals surface area contributed by atoms with E-state index < -0.39 is 23.9 Å². The Hall–Kier alpha value is -4.79. The number of amides is 1. The highest BCUT2D eigenvalue weighted by atomic mass is 19.1. The third kappa shape index (κ3) is 5.22. The van der Waals surface area contributed by atoms with Crippen LogP contribution in [0.4, 0.5) is 15.8 Å². The quantitative estimate of drug-likeness (QED) is 0.402. The van der Waals surface area contributed by atoms with Gasteiger partial charge in [0, 0.05) is 24.1 Å². The minimum absolute atomic E-state index is 0.149. The molecule has 0 bridgehead atoms. The van der Waals surface area contributed by atoms with Gasteiger partial charge in [0.1, 0.15) is 5.82 Å². The molecule has 9 heteroatoms. The summed E-state index contributed by atoms with van der Waals surface area (Å²) in [5.74, 6) is -2.84. The number of para-hydroxylation sites is 2. The number of ether oxygens (including phenoxy) is 1. The molecule has 2 aliphatic rings. The topological polar surface area (TPSA) is 113 Å². The number of Topliss-reactive ketones (excluding diaryl/α,β-unsaturated/α-hetero) is 1. The smallest absolute Gasteiger partial charge is 0.337 e. The van der Waals surface area contributed by atoms with Crippen LogP contribution in [-0.2, 0) is 19.1 Å². The highest BCUT2D eigenvalue weighted by Gasteiger charge is 2.41. The van der Waals surface area contributed by atoms with Crippen molar-refractivity contribution < 1.29 is 33.4 Å². The number of aliphatic carboxylic acids is 1. The molecule has 8 nitrogen and oxygen atoms in total. The molecule has 0 spiro atoms. The second-order valence-electron chi connectivity index (χ2n) is 9.79. The fourth-order valence-corrected chi connectivity index (χ4v) is 5.40. The maximum absolute atomic E-state index is 13.9. The molecule has 0 saturated carbocycles. The van der Waals surface area contributed by atoms with Gasteiger partial charge in [-0.3, -0.25) is 19.3 Å². The number of fused-ring (bicyclic) bond motifs is 1. The van der Waals surface area contributed by atoms with Crippen molar-refractivity contribution in [3.05, 3.63) is 107 Å². The summed E-state index contributed by atoms with van der Waals surface area (Å²) in [6.07, 6.45) is -0.0494. The van der Waals surface area contributed by atoms with Crippen LogP contribution in [0.3, 0.4) is 0 Å². The van der Waals surface area contributed by atoms with Gasteiger partial charge in [0.25, 0.3) is 0 Å². The van der Waals surface area contributed by atoms with Crippen molar-refractivity contribution in [1.82, 2.24) is 0 Å². The zero-order chi connectivity index (χ0) is 28.4. The molecule has 204 valence electrons. The number of carboxylic acid groups (broad SMARTS) is 1. The van der Waals surface area contributed by atoms with Crippen molar-refractivity contribution in [2.24, 2.45) is 0 Å². The number of allylic oxidation sites excluding steroid dienone is 1. The summed E-state index contributed by atoms with van der Waals surface area (Å²) in [7, 11) is 1.28. The summed E-state index contributed by atoms with van der Waals surface area (Å²) >= 11 is 0. The molecule has 0 saturated heterocycles. The molecule has 1 amide bonds. The number of carbonyl (C=O) groups is 4. The fourth-order valence-electron chi connectivity index (χ4n) is 5.40. The Kier molecular flexibility index (Phi) is 7.46. The van der Waals surface area contributed by atoms with E-state index in [0.717, 1.165) is 5.56 Å². The third-order valence-corrected chi connectivity index (χ3v) is 7.30. The van der Waals surface area contributed by atoms with Gasteiger partial charge >= 0.3 is 11.9 Å². The zero-order valence-corrected chi connectivity index (χ0v) is 21.7. The van der Waals surface area contributed by atoms with E-state index in [4.69, 9.17) is 4.74 Å². The maximum Gasteiger partial charge on any atom is 0.337 e. The summed E-state index contributed by atoms with van der Waals surface area (Å²) in [6.45, 7) is 0. The van der Waals surface area contributed by atoms with Crippen LogP contribution >= 0.6 is 0 Å². The minimum atomic E-state index is -1.11. The highest BCUT2D eigenvalue weighted by Crippen LogP contribution is 2.47. The number of carboxylic acids is 1. The van der Waals surface area contributed by atoms with Gasteiger partial charge in [-0.05, 0) is 59.9 Å². The number of hydrogen-bond donors (Lipinski definition) is 2. The minimum Gasteiger partial charge on any atom is -0.481 e. The number of benzene rings is 3. The number of hydrogen-bond acceptors (Lipinski definition) is 6. The molecule has 3 aromatic carbocycles. The van der Waals surface area contributed by atoms with Crippen molar-refractivity contribution in [3.63, 3.8) is 0 Å². The van der Waals surface area contributed by atoms with Crippen LogP contribution in [0.15, 0.2) is 84.1 Å². The molecular formula is C31H27FN2O6. The van der Waals surface area contributed by atoms with Crippen molar-refractivity contribution in [2.45, 2.75) is 37.6 Å². The molecule has 40 heavy (non-hydrogen) atoms. The van der Waals surface area contributed by atoms with E-state index in [-0.39, 0.29) is 36.8 Å². The summed E-state index contributed by atoms with van der Waals surface area (Å²) < 4.78 is 18.4. The van der Waals surface area contributed by atoms with Crippen LogP contribution < -0.4 is 10.2 Å². The monoisotopic (exact) mass is 542 g/mol. The first-order chi connectivity index (χ1) is 19.3. The van der Waals surface area contributed by atoms with Crippen LogP contribution in [0, 0.1) is 5.82 Å². The lowest BCUT2D eigenvalue weighted by Gasteiger charge is -2.35. The Bertz CT molecular complexity index is 1510. The van der Waals surface area contributed by atoms with E-state index >= 15 is 0 Å². The van der Waals surface area contributed by atoms with Gasteiger partial charge in [0.15, 0.2) is 5.78 Å². The summed E-state index contributed by atoms with van der Waals surface area (Å²) in [5.41, 5.74) is 3.84. The lowest BCUT2D eigenvalue weighted by Crippen LogP contribution is -2.38. The largest absolute Gasteiger partial charge is 0.481 e. The molecule has 1 aliphatic carbocycles. The van der Waals surface area contributed by atoms with E-state index in [9.17, 15) is 28.7 Å². The van der Waals surface area contributed by atoms with Crippen molar-refractivity contribution >= 4 is 35.0 Å². The van der Waals surface area contributed by atoms with Crippen LogP contribution in [-0.4, -0.2) is 35.8 Å². The number of rotatable bonds is 6. The average molecular weight is 543 g/mol. The predicted molar refractivity (Wildman–Crippen MR) is 145 cm³/mol. The van der Waals surface area contributed by atoms with E-state index in [2.05, 4.69) is 5.32 Å². The fraction of sp³-hybridized carbons (Fsp3) is 0.226. The number of nitrogens with zero attached hydrogens (tertiary/aromatic N) is 1.